The second-order valence-electron chi connectivity index (χ2n) is 15.6. The van der Waals surface area contributed by atoms with E-state index in [0.29, 0.717) is 19.5 Å². The molecule has 11 nitrogen and oxygen atoms in total. The van der Waals surface area contributed by atoms with E-state index in [-0.39, 0.29) is 48.3 Å². The third-order valence-corrected chi connectivity index (χ3v) is 11.5. The molecule has 0 spiro atoms. The van der Waals surface area contributed by atoms with Gasteiger partial charge in [0, 0.05) is 63.6 Å². The van der Waals surface area contributed by atoms with E-state index in [1.165, 1.54) is 6.92 Å². The Bertz CT molecular complexity index is 2170. The van der Waals surface area contributed by atoms with E-state index >= 15 is 0 Å². The van der Waals surface area contributed by atoms with Gasteiger partial charge in [-0.15, -0.1) is 0 Å². The van der Waals surface area contributed by atoms with Gasteiger partial charge in [-0.25, -0.2) is 4.79 Å². The third-order valence-electron chi connectivity index (χ3n) is 11.5. The van der Waals surface area contributed by atoms with E-state index < -0.39 is 6.29 Å². The van der Waals surface area contributed by atoms with Gasteiger partial charge in [0.25, 0.3) is 0 Å². The largest absolute Gasteiger partial charge is 0.392 e. The van der Waals surface area contributed by atoms with Crippen LogP contribution in [0.25, 0.3) is 22.2 Å². The lowest BCUT2D eigenvalue weighted by molar-refractivity contribution is -0.276. The number of nitrogens with one attached hydrogen (secondary N) is 3. The second-order valence-corrected chi connectivity index (χ2v) is 15.6. The Labute approximate surface area is 334 Å². The maximum atomic E-state index is 12.9. The Hall–Kier alpha value is -5.07. The lowest BCUT2D eigenvalue weighted by Gasteiger charge is -2.44. The first-order valence-electron chi connectivity index (χ1n) is 20.4. The van der Waals surface area contributed by atoms with Gasteiger partial charge in [-0.3, -0.25) is 14.2 Å². The van der Waals surface area contributed by atoms with Crippen LogP contribution in [0.3, 0.4) is 0 Å². The molecule has 0 aliphatic carbocycles. The Balaban J connectivity index is 1.02. The fourth-order valence-corrected chi connectivity index (χ4v) is 8.25. The van der Waals surface area contributed by atoms with Crippen LogP contribution in [0.2, 0.25) is 0 Å². The highest BCUT2D eigenvalue weighted by Crippen LogP contribution is 2.43. The van der Waals surface area contributed by atoms with Crippen LogP contribution in [0, 0.1) is 5.92 Å². The van der Waals surface area contributed by atoms with Crippen LogP contribution in [-0.2, 0) is 32.2 Å². The number of rotatable bonds is 15. The number of piperidine rings is 1. The zero-order valence-electron chi connectivity index (χ0n) is 33.0. The number of aliphatic hydroxyl groups is 1. The van der Waals surface area contributed by atoms with Gasteiger partial charge < -0.3 is 35.1 Å². The first-order valence-corrected chi connectivity index (χ1v) is 20.4. The molecule has 2 amide bonds. The van der Waals surface area contributed by atoms with Crippen molar-refractivity contribution in [2.24, 2.45) is 5.92 Å². The molecule has 57 heavy (non-hydrogen) atoms. The first kappa shape index (κ1) is 40.1. The zero-order chi connectivity index (χ0) is 39.7. The van der Waals surface area contributed by atoms with Crippen LogP contribution in [0.4, 0.5) is 0 Å². The van der Waals surface area contributed by atoms with Gasteiger partial charge in [0.15, 0.2) is 6.29 Å². The summed E-state index contributed by atoms with van der Waals surface area (Å²) in [7, 11) is 0. The summed E-state index contributed by atoms with van der Waals surface area (Å²) in [5.41, 5.74) is 7.69. The average Bonchev–Trinajstić information content (AvgIpc) is 3.58. The van der Waals surface area contributed by atoms with Crippen molar-refractivity contribution in [2.45, 2.75) is 90.1 Å². The minimum atomic E-state index is -0.600. The quantitative estimate of drug-likeness (QED) is 0.0848. The molecule has 4 N–H and O–H groups in total. The van der Waals surface area contributed by atoms with Gasteiger partial charge in [0.1, 0.15) is 0 Å². The number of aromatic nitrogens is 2. The van der Waals surface area contributed by atoms with E-state index in [4.69, 9.17) is 9.47 Å². The lowest BCUT2D eigenvalue weighted by atomic mass is 9.89. The summed E-state index contributed by atoms with van der Waals surface area (Å²) in [6.45, 7) is 7.23. The van der Waals surface area contributed by atoms with E-state index in [9.17, 15) is 19.5 Å². The minimum absolute atomic E-state index is 0.0150. The number of unbranched alkanes of at least 4 members (excludes halogenated alkanes) is 2. The molecule has 0 radical (unpaired) electrons. The summed E-state index contributed by atoms with van der Waals surface area (Å²) in [5, 5.41) is 15.6. The van der Waals surface area contributed by atoms with Crippen molar-refractivity contribution in [3.8, 4) is 11.1 Å². The number of H-pyrrole nitrogens is 1. The minimum Gasteiger partial charge on any atom is -0.392 e. The molecule has 2 aliphatic rings. The van der Waals surface area contributed by atoms with E-state index in [1.54, 1.807) is 0 Å². The molecule has 4 aromatic carbocycles. The molecular weight excluding hydrogens is 719 g/mol. The summed E-state index contributed by atoms with van der Waals surface area (Å²) >= 11 is 0. The highest BCUT2D eigenvalue weighted by molar-refractivity contribution is 5.76. The number of imidazole rings is 1. The summed E-state index contributed by atoms with van der Waals surface area (Å²) in [5.74, 6) is 0.0406. The molecule has 2 aliphatic heterocycles. The Morgan fingerprint density at radius 2 is 1.58 bits per heavy atom. The molecule has 5 aromatic rings. The van der Waals surface area contributed by atoms with Crippen molar-refractivity contribution >= 4 is 22.8 Å². The molecule has 0 saturated carbocycles. The van der Waals surface area contributed by atoms with Crippen LogP contribution in [0.1, 0.15) is 93.1 Å². The number of fused-ring (bicyclic) bond motifs is 1. The number of ether oxygens (including phenoxy) is 2. The monoisotopic (exact) mass is 773 g/mol. The Morgan fingerprint density at radius 1 is 0.825 bits per heavy atom. The average molecular weight is 774 g/mol. The standard InChI is InChI=1S/C46H55N5O6/c1-31-42(29-50-24-21-39(22-25-50)51-41-15-6-5-14-40(41)49-46(51)55)56-45(57-44(31)35-19-17-33(30-52)18-20-35)38-13-9-12-37(27-38)36-11-8-10-34(26-36)28-48-43(54)16-4-3-7-23-47-32(2)53/h5-6,8-15,17-20,26-27,31,39,42,44-45,52H,3-4,7,16,21-25,28-30H2,1-2H3,(H,47,53)(H,48,54)(H,49,55)/t31-,42+,44+,45+/m1/s1. The normalized spacial score (nSPS) is 20.4. The number of para-hydroxylation sites is 2. The van der Waals surface area contributed by atoms with E-state index in [0.717, 1.165) is 96.2 Å². The van der Waals surface area contributed by atoms with Crippen molar-refractivity contribution in [1.82, 2.24) is 25.1 Å². The summed E-state index contributed by atoms with van der Waals surface area (Å²) in [6, 6.07) is 32.6. The predicted molar refractivity (Wildman–Crippen MR) is 221 cm³/mol. The number of benzene rings is 4. The fraction of sp³-hybridized carbons (Fsp3) is 0.413. The number of carbonyl (C=O) groups is 2. The van der Waals surface area contributed by atoms with Crippen molar-refractivity contribution in [1.29, 1.82) is 0 Å². The molecule has 3 heterocycles. The SMILES string of the molecule is CC(=O)NCCCCCC(=O)NCc1cccc(-c2cccc([C@H]3O[C@@H](CN4CCC(n5c(=O)[nH]c6ccccc65)CC4)[C@@H](C)[C@@H](c4ccc(CO)cc4)O3)c2)c1. The van der Waals surface area contributed by atoms with Crippen molar-refractivity contribution in [3.05, 3.63) is 130 Å². The van der Waals surface area contributed by atoms with Gasteiger partial charge in [-0.05, 0) is 77.8 Å². The molecule has 2 fully saturated rings. The Morgan fingerprint density at radius 3 is 2.35 bits per heavy atom. The molecule has 0 bridgehead atoms. The van der Waals surface area contributed by atoms with Crippen LogP contribution in [-0.4, -0.2) is 63.7 Å². The molecule has 2 saturated heterocycles. The topological polar surface area (TPSA) is 138 Å². The number of nitrogens with zero attached hydrogens (tertiary/aromatic N) is 2. The maximum Gasteiger partial charge on any atom is 0.326 e. The van der Waals surface area contributed by atoms with Gasteiger partial charge in [-0.2, -0.15) is 0 Å². The summed E-state index contributed by atoms with van der Waals surface area (Å²) in [6.07, 6.45) is 3.80. The van der Waals surface area contributed by atoms with Crippen molar-refractivity contribution < 1.29 is 24.2 Å². The lowest BCUT2D eigenvalue weighted by Crippen LogP contribution is -2.47. The molecule has 4 atom stereocenters. The van der Waals surface area contributed by atoms with Gasteiger partial charge in [0.05, 0.1) is 29.8 Å². The molecule has 1 aromatic heterocycles. The number of amides is 2. The van der Waals surface area contributed by atoms with Crippen LogP contribution in [0.5, 0.6) is 0 Å². The van der Waals surface area contributed by atoms with Gasteiger partial charge in [-0.1, -0.05) is 86.1 Å². The summed E-state index contributed by atoms with van der Waals surface area (Å²) < 4.78 is 15.6. The molecule has 300 valence electrons. The predicted octanol–water partition coefficient (Wildman–Crippen LogP) is 6.93. The molecular formula is C46H55N5O6. The van der Waals surface area contributed by atoms with Crippen LogP contribution >= 0.6 is 0 Å². The van der Waals surface area contributed by atoms with Crippen molar-refractivity contribution in [2.75, 3.05) is 26.2 Å². The molecule has 7 rings (SSSR count). The third kappa shape index (κ3) is 10.1. The van der Waals surface area contributed by atoms with Gasteiger partial charge >= 0.3 is 5.69 Å². The highest BCUT2D eigenvalue weighted by Gasteiger charge is 2.40. The smallest absolute Gasteiger partial charge is 0.326 e. The number of aliphatic hydroxyl groups excluding tert-OH is 1. The second kappa shape index (κ2) is 18.9. The van der Waals surface area contributed by atoms with E-state index in [1.807, 2.05) is 71.3 Å². The number of hydrogen-bond donors (Lipinski definition) is 4. The fourth-order valence-electron chi connectivity index (χ4n) is 8.25. The highest BCUT2D eigenvalue weighted by atomic mass is 16.7. The summed E-state index contributed by atoms with van der Waals surface area (Å²) in [4.78, 5) is 42.0. The first-order chi connectivity index (χ1) is 27.7. The van der Waals surface area contributed by atoms with E-state index in [2.05, 4.69) is 57.8 Å². The number of aromatic amines is 1. The molecule has 0 unspecified atom stereocenters. The maximum absolute atomic E-state index is 12.9. The number of carbonyl (C=O) groups excluding carboxylic acids is 2. The molecule has 11 heteroatoms. The Kier molecular flexibility index (Phi) is 13.3. The number of likely N-dealkylation sites (tertiary alicyclic amines) is 1. The number of hydrogen-bond acceptors (Lipinski definition) is 7. The van der Waals surface area contributed by atoms with Crippen LogP contribution < -0.4 is 16.3 Å². The zero-order valence-corrected chi connectivity index (χ0v) is 33.0. The van der Waals surface area contributed by atoms with Crippen LogP contribution in [0.15, 0.2) is 102 Å². The van der Waals surface area contributed by atoms with Crippen molar-refractivity contribution in [3.63, 3.8) is 0 Å². The van der Waals surface area contributed by atoms with Gasteiger partial charge in [0.2, 0.25) is 11.8 Å².